The van der Waals surface area contributed by atoms with Gasteiger partial charge >= 0.3 is 0 Å². The topological polar surface area (TPSA) is 72.6 Å². The summed E-state index contributed by atoms with van der Waals surface area (Å²) in [6.07, 6.45) is 7.64. The van der Waals surface area contributed by atoms with E-state index in [4.69, 9.17) is 19.6 Å². The number of hydrogen-bond acceptors (Lipinski definition) is 6. The van der Waals surface area contributed by atoms with Crippen LogP contribution in [0.5, 0.6) is 17.2 Å². The molecule has 1 aliphatic heterocycles. The number of methoxy groups -OCH3 is 2. The molecule has 1 aliphatic rings. The Kier molecular flexibility index (Phi) is 7.07. The van der Waals surface area contributed by atoms with Gasteiger partial charge in [0.05, 0.1) is 26.3 Å². The number of piperidine rings is 1. The lowest BCUT2D eigenvalue weighted by Gasteiger charge is -2.26. The van der Waals surface area contributed by atoms with Crippen LogP contribution in [0.1, 0.15) is 30.7 Å². The summed E-state index contributed by atoms with van der Waals surface area (Å²) in [6.45, 7) is 3.91. The summed E-state index contributed by atoms with van der Waals surface area (Å²) in [4.78, 5) is 7.20. The van der Waals surface area contributed by atoms with E-state index < -0.39 is 0 Å². The lowest BCUT2D eigenvalue weighted by atomic mass is 10.1. The Morgan fingerprint density at radius 3 is 2.47 bits per heavy atom. The van der Waals surface area contributed by atoms with Gasteiger partial charge in [-0.25, -0.2) is 9.67 Å². The average molecular weight is 435 g/mol. The molecule has 0 aliphatic carbocycles. The van der Waals surface area contributed by atoms with Crippen LogP contribution in [0.2, 0.25) is 0 Å². The molecule has 7 heteroatoms. The zero-order chi connectivity index (χ0) is 22.3. The Hall–Kier alpha value is -3.32. The van der Waals surface area contributed by atoms with Crippen LogP contribution < -0.4 is 9.47 Å². The monoisotopic (exact) mass is 434 g/mol. The van der Waals surface area contributed by atoms with Crippen molar-refractivity contribution < 1.29 is 14.6 Å². The summed E-state index contributed by atoms with van der Waals surface area (Å²) < 4.78 is 12.6. The summed E-state index contributed by atoms with van der Waals surface area (Å²) in [5, 5.41) is 15.1. The van der Waals surface area contributed by atoms with Gasteiger partial charge in [-0.3, -0.25) is 0 Å². The third kappa shape index (κ3) is 5.11. The fourth-order valence-electron chi connectivity index (χ4n) is 3.99. The van der Waals surface area contributed by atoms with Crippen LogP contribution in [0.4, 0.5) is 0 Å². The van der Waals surface area contributed by atoms with Gasteiger partial charge < -0.3 is 19.5 Å². The van der Waals surface area contributed by atoms with Crippen molar-refractivity contribution in [1.29, 1.82) is 0 Å². The molecular formula is C25H30N4O3. The first-order valence-electron chi connectivity index (χ1n) is 11.0. The number of rotatable bonds is 8. The molecule has 0 radical (unpaired) electrons. The highest BCUT2D eigenvalue weighted by Gasteiger charge is 2.16. The van der Waals surface area contributed by atoms with Crippen molar-refractivity contribution in [2.75, 3.05) is 33.9 Å². The number of nitrogens with zero attached hydrogens (tertiary/aromatic N) is 4. The van der Waals surface area contributed by atoms with E-state index in [1.807, 2.05) is 53.2 Å². The summed E-state index contributed by atoms with van der Waals surface area (Å²) >= 11 is 0. The second kappa shape index (κ2) is 10.3. The van der Waals surface area contributed by atoms with Gasteiger partial charge in [0.1, 0.15) is 5.75 Å². The fraction of sp³-hybridized carbons (Fsp3) is 0.360. The number of phenolic OH excluding ortho intramolecular Hbond substituents is 1. The summed E-state index contributed by atoms with van der Waals surface area (Å²) in [5.74, 6) is 2.83. The molecule has 3 aromatic rings. The van der Waals surface area contributed by atoms with Crippen molar-refractivity contribution in [3.63, 3.8) is 0 Å². The average Bonchev–Trinajstić information content (AvgIpc) is 3.25. The van der Waals surface area contributed by atoms with Gasteiger partial charge in [0, 0.05) is 6.54 Å². The van der Waals surface area contributed by atoms with Crippen molar-refractivity contribution in [2.24, 2.45) is 0 Å². The molecule has 0 atom stereocenters. The molecule has 1 saturated heterocycles. The molecule has 2 aromatic carbocycles. The highest BCUT2D eigenvalue weighted by molar-refractivity contribution is 5.70. The molecular weight excluding hydrogens is 404 g/mol. The predicted octanol–water partition coefficient (Wildman–Crippen LogP) is 4.32. The van der Waals surface area contributed by atoms with Gasteiger partial charge in [0.15, 0.2) is 23.1 Å². The first-order valence-corrected chi connectivity index (χ1v) is 11.0. The van der Waals surface area contributed by atoms with Crippen LogP contribution in [0, 0.1) is 0 Å². The second-order valence-corrected chi connectivity index (χ2v) is 7.88. The van der Waals surface area contributed by atoms with E-state index in [0.29, 0.717) is 28.7 Å². The number of likely N-dealkylation sites (tertiary alicyclic amines) is 1. The van der Waals surface area contributed by atoms with Crippen molar-refractivity contribution >= 4 is 12.2 Å². The molecule has 1 fully saturated rings. The fourth-order valence-corrected chi connectivity index (χ4v) is 3.99. The number of benzene rings is 2. The number of para-hydroxylation sites is 1. The highest BCUT2D eigenvalue weighted by Crippen LogP contribution is 2.29. The van der Waals surface area contributed by atoms with Crippen LogP contribution in [0.3, 0.4) is 0 Å². The first kappa shape index (κ1) is 21.9. The molecule has 0 saturated carbocycles. The van der Waals surface area contributed by atoms with E-state index in [-0.39, 0.29) is 5.75 Å². The molecule has 7 nitrogen and oxygen atoms in total. The van der Waals surface area contributed by atoms with Gasteiger partial charge in [0.2, 0.25) is 0 Å². The Bertz CT molecular complexity index is 1070. The van der Waals surface area contributed by atoms with E-state index in [1.54, 1.807) is 20.3 Å². The van der Waals surface area contributed by atoms with Crippen LogP contribution in [0.25, 0.3) is 23.5 Å². The van der Waals surface area contributed by atoms with E-state index in [2.05, 4.69) is 4.90 Å². The lowest BCUT2D eigenvalue weighted by Crippen LogP contribution is -2.32. The van der Waals surface area contributed by atoms with E-state index in [0.717, 1.165) is 31.7 Å². The number of aromatic hydroxyl groups is 1. The van der Waals surface area contributed by atoms with E-state index in [1.165, 1.54) is 19.3 Å². The number of phenols is 1. The molecule has 4 rings (SSSR count). The maximum Gasteiger partial charge on any atom is 0.174 e. The maximum absolute atomic E-state index is 10.4. The summed E-state index contributed by atoms with van der Waals surface area (Å²) in [7, 11) is 3.24. The van der Waals surface area contributed by atoms with Gasteiger partial charge in [-0.2, -0.15) is 5.10 Å². The normalized spacial score (nSPS) is 14.7. The summed E-state index contributed by atoms with van der Waals surface area (Å²) in [6, 6.07) is 13.0. The van der Waals surface area contributed by atoms with Gasteiger partial charge in [-0.15, -0.1) is 0 Å². The number of ether oxygens (including phenoxy) is 2. The molecule has 1 N–H and O–H groups in total. The van der Waals surface area contributed by atoms with E-state index in [9.17, 15) is 5.11 Å². The van der Waals surface area contributed by atoms with Crippen molar-refractivity contribution in [3.05, 3.63) is 53.9 Å². The van der Waals surface area contributed by atoms with Gasteiger partial charge in [-0.05, 0) is 61.8 Å². The predicted molar refractivity (Wildman–Crippen MR) is 126 cm³/mol. The molecule has 0 bridgehead atoms. The van der Waals surface area contributed by atoms with Crippen molar-refractivity contribution in [1.82, 2.24) is 19.7 Å². The molecule has 1 aromatic heterocycles. The molecule has 0 unspecified atom stereocenters. The Morgan fingerprint density at radius 1 is 0.938 bits per heavy atom. The highest BCUT2D eigenvalue weighted by atomic mass is 16.5. The minimum atomic E-state index is 0.203. The minimum absolute atomic E-state index is 0.203. The Morgan fingerprint density at radius 2 is 1.72 bits per heavy atom. The molecule has 0 amide bonds. The zero-order valence-corrected chi connectivity index (χ0v) is 18.7. The maximum atomic E-state index is 10.4. The van der Waals surface area contributed by atoms with Crippen molar-refractivity contribution in [3.8, 4) is 28.6 Å². The largest absolute Gasteiger partial charge is 0.507 e. The smallest absolute Gasteiger partial charge is 0.174 e. The SMILES string of the molecule is COc1ccc(C=Cc2nc(-c3ccccc3O)n(CCN3CCCCC3)n2)cc1OC. The summed E-state index contributed by atoms with van der Waals surface area (Å²) in [5.41, 5.74) is 1.64. The number of aromatic nitrogens is 3. The second-order valence-electron chi connectivity index (χ2n) is 7.88. The van der Waals surface area contributed by atoms with E-state index >= 15 is 0 Å². The van der Waals surface area contributed by atoms with Gasteiger partial charge in [0.25, 0.3) is 0 Å². The third-order valence-corrected chi connectivity index (χ3v) is 5.74. The van der Waals surface area contributed by atoms with Gasteiger partial charge in [-0.1, -0.05) is 30.7 Å². The zero-order valence-electron chi connectivity index (χ0n) is 18.7. The molecule has 2 heterocycles. The Balaban J connectivity index is 1.59. The Labute approximate surface area is 188 Å². The van der Waals surface area contributed by atoms with Crippen LogP contribution in [-0.2, 0) is 6.54 Å². The lowest BCUT2D eigenvalue weighted by molar-refractivity contribution is 0.218. The van der Waals surface area contributed by atoms with Crippen LogP contribution in [0.15, 0.2) is 42.5 Å². The van der Waals surface area contributed by atoms with Crippen LogP contribution in [-0.4, -0.2) is 58.6 Å². The van der Waals surface area contributed by atoms with Crippen LogP contribution >= 0.6 is 0 Å². The molecule has 168 valence electrons. The third-order valence-electron chi connectivity index (χ3n) is 5.74. The molecule has 32 heavy (non-hydrogen) atoms. The first-order chi connectivity index (χ1) is 15.7. The molecule has 0 spiro atoms. The minimum Gasteiger partial charge on any atom is -0.507 e. The standard InChI is InChI=1S/C25H30N4O3/c1-31-22-12-10-19(18-23(22)32-2)11-13-24-26-25(20-8-4-5-9-21(20)30)29(27-24)17-16-28-14-6-3-7-15-28/h4-5,8-13,18,30H,3,6-7,14-17H2,1-2H3. The van der Waals surface area contributed by atoms with Crippen molar-refractivity contribution in [2.45, 2.75) is 25.8 Å². The quantitative estimate of drug-likeness (QED) is 0.569. The number of hydrogen-bond donors (Lipinski definition) is 1.